The van der Waals surface area contributed by atoms with Crippen LogP contribution in [0.1, 0.15) is 47.0 Å². The fraction of sp³-hybridized carbons (Fsp3) is 0.833. The molecule has 0 bridgehead atoms. The van der Waals surface area contributed by atoms with Gasteiger partial charge in [0.05, 0.1) is 6.04 Å². The van der Waals surface area contributed by atoms with E-state index in [0.29, 0.717) is 12.1 Å². The lowest BCUT2D eigenvalue weighted by atomic mass is 10.1. The number of rotatable bonds is 7. The molecule has 1 radical (unpaired) electrons. The molecule has 0 aliphatic carbocycles. The molecule has 2 nitrogen and oxygen atoms in total. The van der Waals surface area contributed by atoms with Crippen LogP contribution in [0.4, 0.5) is 0 Å². The van der Waals surface area contributed by atoms with Crippen molar-refractivity contribution < 1.29 is 4.79 Å². The Kier molecular flexibility index (Phi) is 6.81. The molecule has 0 aliphatic rings. The van der Waals surface area contributed by atoms with Gasteiger partial charge in [-0.1, -0.05) is 20.3 Å². The zero-order chi connectivity index (χ0) is 11.1. The van der Waals surface area contributed by atoms with Crippen LogP contribution in [-0.4, -0.2) is 29.3 Å². The Morgan fingerprint density at radius 3 is 2.21 bits per heavy atom. The summed E-state index contributed by atoms with van der Waals surface area (Å²) in [6.07, 6.45) is 3.84. The maximum absolute atomic E-state index is 11.0. The van der Waals surface area contributed by atoms with Gasteiger partial charge in [-0.25, -0.2) is 0 Å². The highest BCUT2D eigenvalue weighted by Crippen LogP contribution is 2.15. The van der Waals surface area contributed by atoms with Gasteiger partial charge in [-0.2, -0.15) is 0 Å². The van der Waals surface area contributed by atoms with Crippen molar-refractivity contribution in [3.8, 4) is 0 Å². The van der Waals surface area contributed by atoms with E-state index in [0.717, 1.165) is 25.5 Å². The summed E-state index contributed by atoms with van der Waals surface area (Å²) < 4.78 is 0. The Balaban J connectivity index is 4.50. The van der Waals surface area contributed by atoms with Gasteiger partial charge >= 0.3 is 0 Å². The van der Waals surface area contributed by atoms with E-state index in [9.17, 15) is 4.79 Å². The van der Waals surface area contributed by atoms with Crippen molar-refractivity contribution in [1.82, 2.24) is 4.90 Å². The predicted molar refractivity (Wildman–Crippen MR) is 61.2 cm³/mol. The number of aldehydes is 1. The van der Waals surface area contributed by atoms with Gasteiger partial charge < -0.3 is 4.79 Å². The van der Waals surface area contributed by atoms with Gasteiger partial charge in [-0.3, -0.25) is 4.90 Å². The van der Waals surface area contributed by atoms with Crippen LogP contribution in [-0.2, 0) is 4.79 Å². The monoisotopic (exact) mass is 198 g/mol. The van der Waals surface area contributed by atoms with Gasteiger partial charge in [0, 0.05) is 12.1 Å². The molecule has 0 aromatic heterocycles. The Bertz CT molecular complexity index is 156. The average Bonchev–Trinajstić information content (AvgIpc) is 2.16. The summed E-state index contributed by atoms with van der Waals surface area (Å²) in [5.41, 5.74) is 0. The van der Waals surface area contributed by atoms with Gasteiger partial charge in [0.1, 0.15) is 6.29 Å². The summed E-state index contributed by atoms with van der Waals surface area (Å²) in [5.74, 6) is 0. The Hall–Kier alpha value is -0.370. The molecule has 0 N–H and O–H groups in total. The van der Waals surface area contributed by atoms with Crippen LogP contribution in [0.5, 0.6) is 0 Å². The first-order valence-electron chi connectivity index (χ1n) is 5.60. The Morgan fingerprint density at radius 1 is 1.36 bits per heavy atom. The van der Waals surface area contributed by atoms with E-state index < -0.39 is 0 Å². The summed E-state index contributed by atoms with van der Waals surface area (Å²) in [6.45, 7) is 12.4. The lowest BCUT2D eigenvalue weighted by Gasteiger charge is -2.36. The largest absolute Gasteiger partial charge is 0.302 e. The predicted octanol–water partition coefficient (Wildman–Crippen LogP) is 2.68. The first-order valence-corrected chi connectivity index (χ1v) is 5.60. The first-order chi connectivity index (χ1) is 6.58. The molecule has 2 unspecified atom stereocenters. The van der Waals surface area contributed by atoms with Crippen LogP contribution in [0.15, 0.2) is 0 Å². The smallest absolute Gasteiger partial charge is 0.137 e. The van der Waals surface area contributed by atoms with Crippen molar-refractivity contribution in [1.29, 1.82) is 0 Å². The lowest BCUT2D eigenvalue weighted by Crippen LogP contribution is -2.46. The van der Waals surface area contributed by atoms with Crippen LogP contribution in [0, 0.1) is 6.92 Å². The van der Waals surface area contributed by atoms with Crippen molar-refractivity contribution in [2.45, 2.75) is 65.1 Å². The quantitative estimate of drug-likeness (QED) is 0.586. The molecule has 0 amide bonds. The van der Waals surface area contributed by atoms with E-state index in [-0.39, 0.29) is 6.04 Å². The van der Waals surface area contributed by atoms with Crippen molar-refractivity contribution >= 4 is 6.29 Å². The van der Waals surface area contributed by atoms with Crippen molar-refractivity contribution in [3.05, 3.63) is 6.92 Å². The average molecular weight is 198 g/mol. The molecule has 14 heavy (non-hydrogen) atoms. The number of hydrogen-bond acceptors (Lipinski definition) is 2. The fourth-order valence-electron chi connectivity index (χ4n) is 1.93. The minimum atomic E-state index is 0.0439. The van der Waals surface area contributed by atoms with E-state index in [4.69, 9.17) is 0 Å². The second kappa shape index (κ2) is 6.99. The van der Waals surface area contributed by atoms with Crippen LogP contribution < -0.4 is 0 Å². The van der Waals surface area contributed by atoms with Gasteiger partial charge in [0.15, 0.2) is 0 Å². The van der Waals surface area contributed by atoms with Gasteiger partial charge in [0.2, 0.25) is 0 Å². The third-order valence-electron chi connectivity index (χ3n) is 2.74. The maximum Gasteiger partial charge on any atom is 0.137 e. The van der Waals surface area contributed by atoms with E-state index in [1.807, 2.05) is 0 Å². The highest BCUT2D eigenvalue weighted by atomic mass is 16.1. The van der Waals surface area contributed by atoms with Crippen LogP contribution >= 0.6 is 0 Å². The molecule has 2 atom stereocenters. The van der Waals surface area contributed by atoms with E-state index in [2.05, 4.69) is 39.5 Å². The summed E-state index contributed by atoms with van der Waals surface area (Å²) in [6, 6.07) is 0.936. The molecule has 0 rings (SSSR count). The number of carbonyl (C=O) groups is 1. The van der Waals surface area contributed by atoms with E-state index in [1.165, 1.54) is 0 Å². The summed E-state index contributed by atoms with van der Waals surface area (Å²) in [7, 11) is 0. The van der Waals surface area contributed by atoms with E-state index >= 15 is 0 Å². The van der Waals surface area contributed by atoms with Crippen molar-refractivity contribution in [3.63, 3.8) is 0 Å². The Labute approximate surface area is 88.7 Å². The molecule has 0 fully saturated rings. The second-order valence-electron chi connectivity index (χ2n) is 4.14. The maximum atomic E-state index is 11.0. The molecular weight excluding hydrogens is 174 g/mol. The summed E-state index contributed by atoms with van der Waals surface area (Å²) in [4.78, 5) is 13.3. The summed E-state index contributed by atoms with van der Waals surface area (Å²) >= 11 is 0. The fourth-order valence-corrected chi connectivity index (χ4v) is 1.93. The number of nitrogens with zero attached hydrogens (tertiary/aromatic N) is 1. The van der Waals surface area contributed by atoms with Gasteiger partial charge in [0.25, 0.3) is 0 Å². The minimum absolute atomic E-state index is 0.0439. The third-order valence-corrected chi connectivity index (χ3v) is 2.74. The number of hydrogen-bond donors (Lipinski definition) is 0. The molecule has 0 saturated carbocycles. The zero-order valence-electron chi connectivity index (χ0n) is 9.99. The molecule has 2 heteroatoms. The SMILES string of the molecule is [CH2]CCC(C=O)N(C(C)C)C(C)CC. The second-order valence-corrected chi connectivity index (χ2v) is 4.14. The van der Waals surface area contributed by atoms with Crippen LogP contribution in [0.2, 0.25) is 0 Å². The minimum Gasteiger partial charge on any atom is -0.302 e. The first kappa shape index (κ1) is 13.6. The molecule has 0 saturated heterocycles. The van der Waals surface area contributed by atoms with Crippen LogP contribution in [0.25, 0.3) is 0 Å². The normalized spacial score (nSPS) is 15.9. The topological polar surface area (TPSA) is 20.3 Å². The number of carbonyl (C=O) groups excluding carboxylic acids is 1. The van der Waals surface area contributed by atoms with Gasteiger partial charge in [-0.05, 0) is 33.6 Å². The van der Waals surface area contributed by atoms with Crippen LogP contribution in [0.3, 0.4) is 0 Å². The third kappa shape index (κ3) is 3.79. The molecule has 0 spiro atoms. The lowest BCUT2D eigenvalue weighted by molar-refractivity contribution is -0.114. The van der Waals surface area contributed by atoms with Crippen molar-refractivity contribution in [2.24, 2.45) is 0 Å². The van der Waals surface area contributed by atoms with E-state index in [1.54, 1.807) is 0 Å². The molecule has 0 heterocycles. The van der Waals surface area contributed by atoms with Crippen molar-refractivity contribution in [2.75, 3.05) is 0 Å². The molecule has 0 aromatic carbocycles. The molecule has 0 aliphatic heterocycles. The highest BCUT2D eigenvalue weighted by Gasteiger charge is 2.23. The highest BCUT2D eigenvalue weighted by molar-refractivity contribution is 5.57. The standard InChI is InChI=1S/C12H24NO/c1-6-8-12(9-14)13(10(3)4)11(5)7-2/h9-12H,1,6-8H2,2-5H3. The molecule has 0 aromatic rings. The summed E-state index contributed by atoms with van der Waals surface area (Å²) in [5, 5.41) is 0. The molecular formula is C12H24NO. The van der Waals surface area contributed by atoms with Gasteiger partial charge in [-0.15, -0.1) is 0 Å². The zero-order valence-corrected chi connectivity index (χ0v) is 9.99. The molecule has 83 valence electrons. The Morgan fingerprint density at radius 2 is 1.93 bits per heavy atom.